The van der Waals surface area contributed by atoms with Crippen LogP contribution in [0.1, 0.15) is 33.6 Å². The lowest BCUT2D eigenvalue weighted by Crippen LogP contribution is -2.29. The Bertz CT molecular complexity index is 180. The molecule has 0 saturated carbocycles. The first-order chi connectivity index (χ1) is 5.67. The van der Waals surface area contributed by atoms with E-state index in [0.29, 0.717) is 11.5 Å². The lowest BCUT2D eigenvalue weighted by Gasteiger charge is -2.30. The SMILES string of the molecule is CCCC(C)(C)C1C=CNC=N1. The zero-order valence-electron chi connectivity index (χ0n) is 8.17. The fraction of sp³-hybridized carbons (Fsp3) is 0.700. The van der Waals surface area contributed by atoms with Crippen LogP contribution in [0.3, 0.4) is 0 Å². The molecule has 2 heteroatoms. The third kappa shape index (κ3) is 2.10. The van der Waals surface area contributed by atoms with Gasteiger partial charge in [-0.15, -0.1) is 0 Å². The Morgan fingerprint density at radius 1 is 1.50 bits per heavy atom. The molecule has 2 nitrogen and oxygen atoms in total. The Kier molecular flexibility index (Phi) is 2.90. The van der Waals surface area contributed by atoms with Crippen molar-refractivity contribution in [2.75, 3.05) is 0 Å². The monoisotopic (exact) mass is 166 g/mol. The highest BCUT2D eigenvalue weighted by atomic mass is 15.0. The Morgan fingerprint density at radius 3 is 2.75 bits per heavy atom. The van der Waals surface area contributed by atoms with Gasteiger partial charge in [-0.3, -0.25) is 4.99 Å². The van der Waals surface area contributed by atoms with Gasteiger partial charge >= 0.3 is 0 Å². The van der Waals surface area contributed by atoms with Crippen LogP contribution in [0, 0.1) is 5.41 Å². The second-order valence-electron chi connectivity index (χ2n) is 3.99. The normalized spacial score (nSPS) is 22.4. The maximum atomic E-state index is 4.40. The van der Waals surface area contributed by atoms with Crippen molar-refractivity contribution in [2.24, 2.45) is 10.4 Å². The minimum Gasteiger partial charge on any atom is -0.353 e. The van der Waals surface area contributed by atoms with E-state index in [4.69, 9.17) is 0 Å². The van der Waals surface area contributed by atoms with E-state index in [1.165, 1.54) is 12.8 Å². The second-order valence-corrected chi connectivity index (χ2v) is 3.99. The van der Waals surface area contributed by atoms with E-state index in [2.05, 4.69) is 37.2 Å². The van der Waals surface area contributed by atoms with Crippen LogP contribution >= 0.6 is 0 Å². The van der Waals surface area contributed by atoms with E-state index in [1.54, 1.807) is 6.34 Å². The molecule has 0 saturated heterocycles. The third-order valence-corrected chi connectivity index (χ3v) is 2.38. The third-order valence-electron chi connectivity index (χ3n) is 2.38. The molecule has 1 N–H and O–H groups in total. The maximum Gasteiger partial charge on any atom is 0.0870 e. The van der Waals surface area contributed by atoms with Gasteiger partial charge in [0.1, 0.15) is 0 Å². The standard InChI is InChI=1S/C10H18N2/c1-4-6-10(2,3)9-5-7-11-8-12-9/h5,7-9H,4,6H2,1-3H3,(H,11,12). The maximum absolute atomic E-state index is 4.40. The molecule has 1 rings (SSSR count). The highest BCUT2D eigenvalue weighted by molar-refractivity contribution is 5.58. The molecule has 1 aliphatic heterocycles. The molecule has 0 amide bonds. The minimum atomic E-state index is 0.295. The van der Waals surface area contributed by atoms with Gasteiger partial charge in [0.25, 0.3) is 0 Å². The van der Waals surface area contributed by atoms with Crippen LogP contribution in [-0.2, 0) is 0 Å². The van der Waals surface area contributed by atoms with Crippen LogP contribution in [0.4, 0.5) is 0 Å². The van der Waals surface area contributed by atoms with E-state index >= 15 is 0 Å². The van der Waals surface area contributed by atoms with Crippen LogP contribution in [0.2, 0.25) is 0 Å². The van der Waals surface area contributed by atoms with Gasteiger partial charge in [-0.05, 0) is 24.1 Å². The predicted octanol–water partition coefficient (Wildman–Crippen LogP) is 2.33. The molecular weight excluding hydrogens is 148 g/mol. The highest BCUT2D eigenvalue weighted by Gasteiger charge is 2.26. The quantitative estimate of drug-likeness (QED) is 0.683. The number of nitrogens with zero attached hydrogens (tertiary/aromatic N) is 1. The van der Waals surface area contributed by atoms with Gasteiger partial charge < -0.3 is 5.32 Å². The number of hydrogen-bond donors (Lipinski definition) is 1. The van der Waals surface area contributed by atoms with Crippen LogP contribution in [0.25, 0.3) is 0 Å². The van der Waals surface area contributed by atoms with Crippen molar-refractivity contribution in [3.05, 3.63) is 12.3 Å². The number of hydrogen-bond acceptors (Lipinski definition) is 2. The van der Waals surface area contributed by atoms with Crippen molar-refractivity contribution in [3.8, 4) is 0 Å². The molecule has 12 heavy (non-hydrogen) atoms. The molecule has 0 fully saturated rings. The summed E-state index contributed by atoms with van der Waals surface area (Å²) in [6, 6.07) is 0.346. The summed E-state index contributed by atoms with van der Waals surface area (Å²) in [7, 11) is 0. The minimum absolute atomic E-state index is 0.295. The Morgan fingerprint density at radius 2 is 2.25 bits per heavy atom. The summed E-state index contributed by atoms with van der Waals surface area (Å²) < 4.78 is 0. The van der Waals surface area contributed by atoms with Crippen LogP contribution < -0.4 is 5.32 Å². The van der Waals surface area contributed by atoms with Gasteiger partial charge in [-0.25, -0.2) is 0 Å². The lowest BCUT2D eigenvalue weighted by molar-refractivity contribution is 0.295. The van der Waals surface area contributed by atoms with Crippen molar-refractivity contribution >= 4 is 6.34 Å². The predicted molar refractivity (Wildman–Crippen MR) is 53.2 cm³/mol. The summed E-state index contributed by atoms with van der Waals surface area (Å²) in [5.74, 6) is 0. The molecular formula is C10H18N2. The van der Waals surface area contributed by atoms with Crippen LogP contribution in [0.15, 0.2) is 17.3 Å². The highest BCUT2D eigenvalue weighted by Crippen LogP contribution is 2.30. The first-order valence-corrected chi connectivity index (χ1v) is 4.61. The summed E-state index contributed by atoms with van der Waals surface area (Å²) >= 11 is 0. The van der Waals surface area contributed by atoms with Gasteiger partial charge in [-0.2, -0.15) is 0 Å². The summed E-state index contributed by atoms with van der Waals surface area (Å²) in [5, 5.41) is 2.96. The molecule has 1 atom stereocenters. The van der Waals surface area contributed by atoms with Crippen molar-refractivity contribution in [2.45, 2.75) is 39.7 Å². The van der Waals surface area contributed by atoms with Crippen molar-refractivity contribution in [1.82, 2.24) is 5.32 Å². The van der Waals surface area contributed by atoms with Crippen molar-refractivity contribution in [1.29, 1.82) is 0 Å². The Balaban J connectivity index is 2.60. The fourth-order valence-corrected chi connectivity index (χ4v) is 1.62. The number of rotatable bonds is 3. The average molecular weight is 166 g/mol. The molecule has 0 aromatic carbocycles. The first kappa shape index (κ1) is 9.30. The van der Waals surface area contributed by atoms with E-state index in [0.717, 1.165) is 0 Å². The molecule has 0 spiro atoms. The number of aliphatic imine (C=N–C) groups is 1. The van der Waals surface area contributed by atoms with Gasteiger partial charge in [-0.1, -0.05) is 27.2 Å². The Hall–Kier alpha value is -0.790. The molecule has 0 aromatic heterocycles. The van der Waals surface area contributed by atoms with E-state index in [1.807, 2.05) is 6.20 Å². The van der Waals surface area contributed by atoms with Gasteiger partial charge in [0, 0.05) is 0 Å². The smallest absolute Gasteiger partial charge is 0.0870 e. The average Bonchev–Trinajstić information content (AvgIpc) is 2.06. The molecule has 0 bridgehead atoms. The largest absolute Gasteiger partial charge is 0.353 e. The van der Waals surface area contributed by atoms with Crippen molar-refractivity contribution < 1.29 is 0 Å². The zero-order valence-corrected chi connectivity index (χ0v) is 8.17. The number of nitrogens with one attached hydrogen (secondary N) is 1. The summed E-state index contributed by atoms with van der Waals surface area (Å²) in [6.07, 6.45) is 8.33. The lowest BCUT2D eigenvalue weighted by atomic mass is 9.80. The van der Waals surface area contributed by atoms with Gasteiger partial charge in [0.15, 0.2) is 0 Å². The molecule has 0 aromatic rings. The molecule has 68 valence electrons. The molecule has 0 aliphatic carbocycles. The summed E-state index contributed by atoms with van der Waals surface area (Å²) in [5.41, 5.74) is 0.295. The van der Waals surface area contributed by atoms with E-state index in [-0.39, 0.29) is 0 Å². The van der Waals surface area contributed by atoms with E-state index < -0.39 is 0 Å². The van der Waals surface area contributed by atoms with Crippen LogP contribution in [0.5, 0.6) is 0 Å². The molecule has 1 unspecified atom stereocenters. The topological polar surface area (TPSA) is 24.4 Å². The summed E-state index contributed by atoms with van der Waals surface area (Å²) in [4.78, 5) is 4.40. The first-order valence-electron chi connectivity index (χ1n) is 4.61. The second kappa shape index (κ2) is 3.74. The van der Waals surface area contributed by atoms with E-state index in [9.17, 15) is 0 Å². The molecule has 1 heterocycles. The van der Waals surface area contributed by atoms with Crippen LogP contribution in [-0.4, -0.2) is 12.4 Å². The van der Waals surface area contributed by atoms with Crippen molar-refractivity contribution in [3.63, 3.8) is 0 Å². The molecule has 1 aliphatic rings. The van der Waals surface area contributed by atoms with Gasteiger partial charge in [0.05, 0.1) is 12.4 Å². The zero-order chi connectivity index (χ0) is 9.03. The Labute approximate surface area is 74.8 Å². The fourth-order valence-electron chi connectivity index (χ4n) is 1.62. The molecule has 0 radical (unpaired) electrons. The van der Waals surface area contributed by atoms with Gasteiger partial charge in [0.2, 0.25) is 0 Å². The summed E-state index contributed by atoms with van der Waals surface area (Å²) in [6.45, 7) is 6.76.